The second-order valence-electron chi connectivity index (χ2n) is 8.50. The Kier molecular flexibility index (Phi) is 5.23. The summed E-state index contributed by atoms with van der Waals surface area (Å²) >= 11 is 0. The van der Waals surface area contributed by atoms with Crippen molar-refractivity contribution in [1.29, 1.82) is 10.8 Å². The van der Waals surface area contributed by atoms with Gasteiger partial charge in [0, 0.05) is 23.2 Å². The van der Waals surface area contributed by atoms with Gasteiger partial charge in [0.1, 0.15) is 24.1 Å². The highest BCUT2D eigenvalue weighted by atomic mass is 16.5. The molecule has 0 saturated carbocycles. The van der Waals surface area contributed by atoms with E-state index in [-0.39, 0.29) is 18.4 Å². The van der Waals surface area contributed by atoms with Crippen molar-refractivity contribution in [3.63, 3.8) is 0 Å². The van der Waals surface area contributed by atoms with Gasteiger partial charge >= 0.3 is 0 Å². The molecule has 0 amide bonds. The fourth-order valence-electron chi connectivity index (χ4n) is 5.13. The average Bonchev–Trinajstić information content (AvgIpc) is 2.97. The number of ether oxygens (including phenoxy) is 1. The van der Waals surface area contributed by atoms with Gasteiger partial charge in [-0.1, -0.05) is 30.3 Å². The number of anilines is 2. The van der Waals surface area contributed by atoms with E-state index in [0.717, 1.165) is 41.6 Å². The SMILES string of the molecule is CC(=N)N1C(=N)COCc2c1ccc(-c1ccc(N)nc1)c2C1CCCc2ccccc21. The van der Waals surface area contributed by atoms with Crippen LogP contribution in [0.4, 0.5) is 11.5 Å². The zero-order chi connectivity index (χ0) is 22.2. The van der Waals surface area contributed by atoms with Crippen LogP contribution in [-0.4, -0.2) is 23.3 Å². The summed E-state index contributed by atoms with van der Waals surface area (Å²) < 4.78 is 5.94. The molecule has 0 spiro atoms. The highest BCUT2D eigenvalue weighted by molar-refractivity contribution is 6.17. The first-order valence-corrected chi connectivity index (χ1v) is 11.0. The van der Waals surface area contributed by atoms with E-state index >= 15 is 0 Å². The lowest BCUT2D eigenvalue weighted by Gasteiger charge is -2.32. The smallest absolute Gasteiger partial charge is 0.132 e. The highest BCUT2D eigenvalue weighted by Crippen LogP contribution is 2.45. The number of hydrogen-bond acceptors (Lipinski definition) is 5. The Hall–Kier alpha value is -3.51. The number of nitrogen functional groups attached to an aromatic ring is 1. The molecule has 0 saturated heterocycles. The zero-order valence-corrected chi connectivity index (χ0v) is 18.2. The Balaban J connectivity index is 1.79. The van der Waals surface area contributed by atoms with Crippen LogP contribution in [-0.2, 0) is 17.8 Å². The van der Waals surface area contributed by atoms with E-state index in [1.165, 1.54) is 16.7 Å². The van der Waals surface area contributed by atoms with Crippen molar-refractivity contribution in [3.8, 4) is 11.1 Å². The van der Waals surface area contributed by atoms with Gasteiger partial charge in [0.2, 0.25) is 0 Å². The maximum atomic E-state index is 8.46. The third-order valence-corrected chi connectivity index (χ3v) is 6.48. The van der Waals surface area contributed by atoms with Crippen LogP contribution in [0.2, 0.25) is 0 Å². The molecule has 1 aliphatic heterocycles. The number of nitrogens with zero attached hydrogens (tertiary/aromatic N) is 2. The van der Waals surface area contributed by atoms with Crippen molar-refractivity contribution >= 4 is 23.2 Å². The minimum absolute atomic E-state index is 0.185. The predicted octanol–water partition coefficient (Wildman–Crippen LogP) is 5.11. The molecule has 0 fully saturated rings. The number of rotatable bonds is 2. The first kappa shape index (κ1) is 20.4. The van der Waals surface area contributed by atoms with Gasteiger partial charge in [-0.15, -0.1) is 0 Å². The highest BCUT2D eigenvalue weighted by Gasteiger charge is 2.31. The summed E-state index contributed by atoms with van der Waals surface area (Å²) in [5.74, 6) is 1.31. The maximum Gasteiger partial charge on any atom is 0.132 e. The number of hydrogen-bond donors (Lipinski definition) is 3. The average molecular weight is 426 g/mol. The summed E-state index contributed by atoms with van der Waals surface area (Å²) in [7, 11) is 0. The number of nitrogens with two attached hydrogens (primary N) is 1. The van der Waals surface area contributed by atoms with Crippen molar-refractivity contribution in [1.82, 2.24) is 4.98 Å². The minimum atomic E-state index is 0.185. The van der Waals surface area contributed by atoms with Crippen LogP contribution in [0.5, 0.6) is 0 Å². The molecule has 0 radical (unpaired) electrons. The standard InChI is InChI=1S/C26H27N5O/c1-16(27)31-23-11-10-20(18-9-12-24(28)30-13-18)26(22(23)14-32-15-25(31)29)21-8-4-6-17-5-2-3-7-19(17)21/h2-3,5,7,9-13,21,27,29H,4,6,8,14-15H2,1H3,(H2,28,30). The van der Waals surface area contributed by atoms with E-state index in [4.69, 9.17) is 21.3 Å². The molecular weight excluding hydrogens is 398 g/mol. The zero-order valence-electron chi connectivity index (χ0n) is 18.2. The van der Waals surface area contributed by atoms with Crippen LogP contribution in [0.1, 0.15) is 47.9 Å². The number of aryl methyl sites for hydroxylation is 1. The van der Waals surface area contributed by atoms with Crippen LogP contribution >= 0.6 is 0 Å². The fraction of sp³-hybridized carbons (Fsp3) is 0.269. The predicted molar refractivity (Wildman–Crippen MR) is 129 cm³/mol. The Morgan fingerprint density at radius 2 is 1.97 bits per heavy atom. The molecule has 162 valence electrons. The first-order chi connectivity index (χ1) is 15.5. The molecule has 1 aromatic heterocycles. The van der Waals surface area contributed by atoms with Gasteiger partial charge in [-0.25, -0.2) is 4.98 Å². The summed E-state index contributed by atoms with van der Waals surface area (Å²) in [5.41, 5.74) is 13.9. The Bertz CT molecular complexity index is 1200. The van der Waals surface area contributed by atoms with Crippen molar-refractivity contribution in [3.05, 3.63) is 77.0 Å². The molecule has 1 unspecified atom stereocenters. The molecule has 6 heteroatoms. The fourth-order valence-corrected chi connectivity index (χ4v) is 5.13. The molecule has 4 N–H and O–H groups in total. The van der Waals surface area contributed by atoms with Gasteiger partial charge in [-0.05, 0) is 66.6 Å². The number of aromatic nitrogens is 1. The van der Waals surface area contributed by atoms with E-state index in [2.05, 4.69) is 35.3 Å². The van der Waals surface area contributed by atoms with Crippen molar-refractivity contribution in [2.24, 2.45) is 0 Å². The summed E-state index contributed by atoms with van der Waals surface area (Å²) in [5, 5.41) is 16.8. The Morgan fingerprint density at radius 3 is 2.75 bits per heavy atom. The molecule has 2 heterocycles. The number of nitrogens with one attached hydrogen (secondary N) is 2. The second kappa shape index (κ2) is 8.20. The third-order valence-electron chi connectivity index (χ3n) is 6.48. The summed E-state index contributed by atoms with van der Waals surface area (Å²) in [4.78, 5) is 6.04. The molecule has 1 aliphatic carbocycles. The second-order valence-corrected chi connectivity index (χ2v) is 8.50. The van der Waals surface area contributed by atoms with E-state index in [0.29, 0.717) is 18.3 Å². The van der Waals surface area contributed by atoms with Crippen LogP contribution < -0.4 is 10.6 Å². The van der Waals surface area contributed by atoms with Gasteiger partial charge in [0.25, 0.3) is 0 Å². The number of benzene rings is 2. The van der Waals surface area contributed by atoms with Crippen LogP contribution in [0.15, 0.2) is 54.7 Å². The molecule has 2 aromatic carbocycles. The maximum absolute atomic E-state index is 8.46. The van der Waals surface area contributed by atoms with Crippen LogP contribution in [0.3, 0.4) is 0 Å². The normalized spacial score (nSPS) is 18.0. The topological polar surface area (TPSA) is 99.1 Å². The molecule has 6 nitrogen and oxygen atoms in total. The third kappa shape index (κ3) is 3.46. The molecule has 32 heavy (non-hydrogen) atoms. The van der Waals surface area contributed by atoms with Crippen molar-refractivity contribution in [2.75, 3.05) is 17.2 Å². The lowest BCUT2D eigenvalue weighted by Crippen LogP contribution is -2.36. The lowest BCUT2D eigenvalue weighted by molar-refractivity contribution is 0.159. The van der Waals surface area contributed by atoms with Crippen molar-refractivity contribution in [2.45, 2.75) is 38.7 Å². The number of fused-ring (bicyclic) bond motifs is 2. The van der Waals surface area contributed by atoms with Crippen LogP contribution in [0.25, 0.3) is 11.1 Å². The van der Waals surface area contributed by atoms with E-state index in [1.807, 2.05) is 24.4 Å². The van der Waals surface area contributed by atoms with Gasteiger partial charge < -0.3 is 10.5 Å². The Labute approximate surface area is 188 Å². The molecule has 0 bridgehead atoms. The van der Waals surface area contributed by atoms with Crippen LogP contribution in [0, 0.1) is 10.8 Å². The molecule has 3 aromatic rings. The van der Waals surface area contributed by atoms with Gasteiger partial charge in [0.05, 0.1) is 12.3 Å². The number of amidine groups is 2. The first-order valence-electron chi connectivity index (χ1n) is 11.0. The molecule has 2 aliphatic rings. The molecule has 1 atom stereocenters. The molecular formula is C26H27N5O. The lowest BCUT2D eigenvalue weighted by atomic mass is 9.75. The quantitative estimate of drug-likeness (QED) is 0.392. The minimum Gasteiger partial charge on any atom is -0.384 e. The Morgan fingerprint density at radius 1 is 1.12 bits per heavy atom. The monoisotopic (exact) mass is 425 g/mol. The summed E-state index contributed by atoms with van der Waals surface area (Å²) in [6, 6.07) is 16.7. The van der Waals surface area contributed by atoms with Gasteiger partial charge in [-0.2, -0.15) is 0 Å². The van der Waals surface area contributed by atoms with E-state index < -0.39 is 0 Å². The van der Waals surface area contributed by atoms with Gasteiger partial charge in [0.15, 0.2) is 0 Å². The van der Waals surface area contributed by atoms with Gasteiger partial charge in [-0.3, -0.25) is 15.7 Å². The molecule has 5 rings (SSSR count). The van der Waals surface area contributed by atoms with E-state index in [9.17, 15) is 0 Å². The van der Waals surface area contributed by atoms with Crippen molar-refractivity contribution < 1.29 is 4.74 Å². The number of pyridine rings is 1. The largest absolute Gasteiger partial charge is 0.384 e. The summed E-state index contributed by atoms with van der Waals surface area (Å²) in [6.07, 6.45) is 5.08. The van der Waals surface area contributed by atoms with E-state index in [1.54, 1.807) is 11.8 Å². The summed E-state index contributed by atoms with van der Waals surface area (Å²) in [6.45, 7) is 2.31.